The molecule has 74 valence electrons. The van der Waals surface area contributed by atoms with Crippen molar-refractivity contribution in [2.75, 3.05) is 0 Å². The molecule has 1 aromatic rings. The maximum atomic E-state index is 5.40. The van der Waals surface area contributed by atoms with Crippen molar-refractivity contribution in [2.24, 2.45) is 0 Å². The zero-order valence-corrected chi connectivity index (χ0v) is 9.05. The molecule has 14 heavy (non-hydrogen) atoms. The highest BCUT2D eigenvalue weighted by Crippen LogP contribution is 2.32. The Labute approximate surface area is 85.4 Å². The van der Waals surface area contributed by atoms with Crippen molar-refractivity contribution in [3.63, 3.8) is 0 Å². The molecule has 0 saturated heterocycles. The molecule has 1 heterocycles. The lowest BCUT2D eigenvalue weighted by molar-refractivity contribution is 0.286. The van der Waals surface area contributed by atoms with Crippen LogP contribution in [-0.2, 0) is 16.8 Å². The SMILES string of the molecule is C=C1OCc2cc(C(C)(C)C)ccc21. The third kappa shape index (κ3) is 1.43. The van der Waals surface area contributed by atoms with E-state index in [-0.39, 0.29) is 5.41 Å². The van der Waals surface area contributed by atoms with Gasteiger partial charge in [-0.3, -0.25) is 0 Å². The van der Waals surface area contributed by atoms with Crippen LogP contribution in [0.15, 0.2) is 24.8 Å². The van der Waals surface area contributed by atoms with Gasteiger partial charge in [0, 0.05) is 11.1 Å². The van der Waals surface area contributed by atoms with E-state index in [1.165, 1.54) is 11.1 Å². The molecule has 0 atom stereocenters. The van der Waals surface area contributed by atoms with Crippen LogP contribution in [0.1, 0.15) is 37.5 Å². The van der Waals surface area contributed by atoms with E-state index >= 15 is 0 Å². The zero-order chi connectivity index (χ0) is 10.3. The van der Waals surface area contributed by atoms with Crippen molar-refractivity contribution in [3.05, 3.63) is 41.5 Å². The average molecular weight is 188 g/mol. The molecular weight excluding hydrogens is 172 g/mol. The van der Waals surface area contributed by atoms with Crippen LogP contribution in [0.25, 0.3) is 5.76 Å². The highest BCUT2D eigenvalue weighted by Gasteiger charge is 2.20. The summed E-state index contributed by atoms with van der Waals surface area (Å²) in [5.74, 6) is 0.806. The van der Waals surface area contributed by atoms with Gasteiger partial charge in [-0.15, -0.1) is 0 Å². The van der Waals surface area contributed by atoms with Crippen molar-refractivity contribution in [2.45, 2.75) is 32.8 Å². The fraction of sp³-hybridized carbons (Fsp3) is 0.385. The summed E-state index contributed by atoms with van der Waals surface area (Å²) in [4.78, 5) is 0. The molecule has 0 aliphatic carbocycles. The van der Waals surface area contributed by atoms with Crippen LogP contribution in [0.2, 0.25) is 0 Å². The summed E-state index contributed by atoms with van der Waals surface area (Å²) in [6.07, 6.45) is 0. The van der Waals surface area contributed by atoms with Gasteiger partial charge in [-0.2, -0.15) is 0 Å². The number of ether oxygens (including phenoxy) is 1. The summed E-state index contributed by atoms with van der Waals surface area (Å²) in [5, 5.41) is 0. The Bertz CT molecular complexity index is 383. The maximum Gasteiger partial charge on any atom is 0.120 e. The quantitative estimate of drug-likeness (QED) is 0.605. The van der Waals surface area contributed by atoms with Gasteiger partial charge >= 0.3 is 0 Å². The predicted octanol–water partition coefficient (Wildman–Crippen LogP) is 3.49. The van der Waals surface area contributed by atoms with Gasteiger partial charge in [-0.1, -0.05) is 45.5 Å². The van der Waals surface area contributed by atoms with Crippen LogP contribution in [0.5, 0.6) is 0 Å². The standard InChI is InChI=1S/C13H16O/c1-9-12-6-5-11(13(2,3)4)7-10(12)8-14-9/h5-7H,1,8H2,2-4H3. The second-order valence-corrected chi connectivity index (χ2v) is 4.83. The van der Waals surface area contributed by atoms with E-state index in [1.807, 2.05) is 0 Å². The van der Waals surface area contributed by atoms with Gasteiger partial charge in [0.15, 0.2) is 0 Å². The van der Waals surface area contributed by atoms with Crippen LogP contribution in [0.3, 0.4) is 0 Å². The van der Waals surface area contributed by atoms with Crippen molar-refractivity contribution in [1.29, 1.82) is 0 Å². The third-order valence-corrected chi connectivity index (χ3v) is 2.67. The lowest BCUT2D eigenvalue weighted by Gasteiger charge is -2.19. The first-order valence-electron chi connectivity index (χ1n) is 4.94. The van der Waals surface area contributed by atoms with Crippen LogP contribution in [0.4, 0.5) is 0 Å². The molecule has 0 amide bonds. The first-order chi connectivity index (χ1) is 6.48. The predicted molar refractivity (Wildman–Crippen MR) is 59.0 cm³/mol. The van der Waals surface area contributed by atoms with Gasteiger partial charge in [-0.25, -0.2) is 0 Å². The van der Waals surface area contributed by atoms with E-state index in [2.05, 4.69) is 45.5 Å². The van der Waals surface area contributed by atoms with Crippen molar-refractivity contribution >= 4 is 5.76 Å². The Morgan fingerprint density at radius 2 is 2.00 bits per heavy atom. The number of fused-ring (bicyclic) bond motifs is 1. The third-order valence-electron chi connectivity index (χ3n) is 2.67. The molecule has 0 unspecified atom stereocenters. The summed E-state index contributed by atoms with van der Waals surface area (Å²) in [6, 6.07) is 6.51. The first-order valence-corrected chi connectivity index (χ1v) is 4.94. The molecule has 1 aliphatic rings. The molecule has 2 rings (SSSR count). The number of hydrogen-bond acceptors (Lipinski definition) is 1. The molecule has 1 nitrogen and oxygen atoms in total. The van der Waals surface area contributed by atoms with E-state index in [0.717, 1.165) is 11.3 Å². The van der Waals surface area contributed by atoms with E-state index in [0.29, 0.717) is 6.61 Å². The number of hydrogen-bond donors (Lipinski definition) is 0. The average Bonchev–Trinajstić information content (AvgIpc) is 2.46. The largest absolute Gasteiger partial charge is 0.489 e. The monoisotopic (exact) mass is 188 g/mol. The van der Waals surface area contributed by atoms with Gasteiger partial charge in [0.2, 0.25) is 0 Å². The highest BCUT2D eigenvalue weighted by atomic mass is 16.5. The van der Waals surface area contributed by atoms with Gasteiger partial charge in [0.25, 0.3) is 0 Å². The second kappa shape index (κ2) is 2.88. The molecule has 0 bridgehead atoms. The Morgan fingerprint density at radius 3 is 2.64 bits per heavy atom. The number of benzene rings is 1. The van der Waals surface area contributed by atoms with Crippen molar-refractivity contribution < 1.29 is 4.74 Å². The summed E-state index contributed by atoms with van der Waals surface area (Å²) < 4.78 is 5.40. The van der Waals surface area contributed by atoms with Crippen LogP contribution in [-0.4, -0.2) is 0 Å². The van der Waals surface area contributed by atoms with Crippen molar-refractivity contribution in [1.82, 2.24) is 0 Å². The number of rotatable bonds is 0. The van der Waals surface area contributed by atoms with Crippen LogP contribution in [0, 0.1) is 0 Å². The first kappa shape index (κ1) is 9.32. The molecule has 0 fully saturated rings. The molecule has 0 N–H and O–H groups in total. The van der Waals surface area contributed by atoms with Gasteiger partial charge < -0.3 is 4.74 Å². The van der Waals surface area contributed by atoms with E-state index < -0.39 is 0 Å². The minimum absolute atomic E-state index is 0.207. The summed E-state index contributed by atoms with van der Waals surface area (Å²) >= 11 is 0. The Kier molecular flexibility index (Phi) is 1.91. The smallest absolute Gasteiger partial charge is 0.120 e. The topological polar surface area (TPSA) is 9.23 Å². The molecule has 0 saturated carbocycles. The van der Waals surface area contributed by atoms with Crippen molar-refractivity contribution in [3.8, 4) is 0 Å². The van der Waals surface area contributed by atoms with Gasteiger partial charge in [0.1, 0.15) is 12.4 Å². The molecule has 1 aliphatic heterocycles. The molecule has 1 aromatic carbocycles. The Balaban J connectivity index is 2.47. The molecule has 1 heteroatoms. The van der Waals surface area contributed by atoms with Gasteiger partial charge in [0.05, 0.1) is 0 Å². The molecule has 0 radical (unpaired) electrons. The summed E-state index contributed by atoms with van der Waals surface area (Å²) in [5.41, 5.74) is 3.99. The van der Waals surface area contributed by atoms with Crippen LogP contribution >= 0.6 is 0 Å². The summed E-state index contributed by atoms with van der Waals surface area (Å²) in [7, 11) is 0. The van der Waals surface area contributed by atoms with Gasteiger partial charge in [-0.05, 0) is 11.0 Å². The lowest BCUT2D eigenvalue weighted by atomic mass is 9.85. The highest BCUT2D eigenvalue weighted by molar-refractivity contribution is 5.64. The van der Waals surface area contributed by atoms with E-state index in [4.69, 9.17) is 4.74 Å². The van der Waals surface area contributed by atoms with E-state index in [1.54, 1.807) is 0 Å². The molecule has 0 spiro atoms. The fourth-order valence-corrected chi connectivity index (χ4v) is 1.69. The lowest BCUT2D eigenvalue weighted by Crippen LogP contribution is -2.11. The second-order valence-electron chi connectivity index (χ2n) is 4.83. The summed E-state index contributed by atoms with van der Waals surface area (Å²) in [6.45, 7) is 11.2. The normalized spacial score (nSPS) is 15.2. The molecular formula is C13H16O. The van der Waals surface area contributed by atoms with Crippen LogP contribution < -0.4 is 0 Å². The fourth-order valence-electron chi connectivity index (χ4n) is 1.69. The Morgan fingerprint density at radius 1 is 1.29 bits per heavy atom. The maximum absolute atomic E-state index is 5.40. The van der Waals surface area contributed by atoms with E-state index in [9.17, 15) is 0 Å². The minimum Gasteiger partial charge on any atom is -0.489 e. The molecule has 0 aromatic heterocycles. The zero-order valence-electron chi connectivity index (χ0n) is 9.05. The Hall–Kier alpha value is -1.24. The minimum atomic E-state index is 0.207.